The average Bonchev–Trinajstić information content (AvgIpc) is 2.76. The van der Waals surface area contributed by atoms with E-state index in [0.717, 1.165) is 4.24 Å². The van der Waals surface area contributed by atoms with E-state index in [9.17, 15) is 10.1 Å². The summed E-state index contributed by atoms with van der Waals surface area (Å²) < 4.78 is 0.735. The van der Waals surface area contributed by atoms with Crippen LogP contribution in [0.15, 0.2) is 88.7 Å². The summed E-state index contributed by atoms with van der Waals surface area (Å²) in [7, 11) is 0. The molecule has 156 valence electrons. The van der Waals surface area contributed by atoms with Crippen LogP contribution in [-0.2, 0) is 16.3 Å². The molecule has 3 aromatic carbocycles. The van der Waals surface area contributed by atoms with Gasteiger partial charge in [0.1, 0.15) is 11.6 Å². The highest BCUT2D eigenvalue weighted by Gasteiger charge is 2.17. The van der Waals surface area contributed by atoms with E-state index in [1.54, 1.807) is 0 Å². The van der Waals surface area contributed by atoms with Crippen molar-refractivity contribution in [3.05, 3.63) is 111 Å². The molecule has 0 bridgehead atoms. The third-order valence-electron chi connectivity index (χ3n) is 4.48. The lowest BCUT2D eigenvalue weighted by Gasteiger charge is -2.12. The molecule has 0 heterocycles. The molecule has 0 fully saturated rings. The van der Waals surface area contributed by atoms with Gasteiger partial charge in [-0.05, 0) is 37.1 Å². The van der Waals surface area contributed by atoms with E-state index in [-0.39, 0.29) is 11.5 Å². The Bertz CT molecular complexity index is 1070. The Balaban J connectivity index is 1.83. The number of hydrogen-bond donors (Lipinski definition) is 1. The Labute approximate surface area is 192 Å². The third kappa shape index (κ3) is 7.06. The molecule has 0 aliphatic carbocycles. The van der Waals surface area contributed by atoms with Crippen LogP contribution in [0.2, 0.25) is 0 Å². The zero-order valence-electron chi connectivity index (χ0n) is 17.6. The molecule has 0 atom stereocenters. The van der Waals surface area contributed by atoms with E-state index in [4.69, 9.17) is 0 Å². The molecular formula is C26H24N2OS2. The van der Waals surface area contributed by atoms with E-state index >= 15 is 0 Å². The number of carbonyl (C=O) groups is 1. The second kappa shape index (κ2) is 11.5. The maximum atomic E-state index is 12.9. The maximum absolute atomic E-state index is 12.9. The standard InChI is InChI=1S/C26H24N2OS2/c1-19-8-6-10-21(14-19)17-30-26(31-18-22-11-7-9-20(2)15-22)24(16-27)25(29)28-23-12-4-3-5-13-23/h3-15H,17-18H2,1-2H3,(H,28,29). The van der Waals surface area contributed by atoms with Gasteiger partial charge < -0.3 is 5.32 Å². The Hall–Kier alpha value is -2.94. The minimum Gasteiger partial charge on any atom is -0.321 e. The van der Waals surface area contributed by atoms with E-state index < -0.39 is 0 Å². The number of nitrogens with one attached hydrogen (secondary N) is 1. The Kier molecular flexibility index (Phi) is 8.40. The fourth-order valence-electron chi connectivity index (χ4n) is 2.99. The van der Waals surface area contributed by atoms with Gasteiger partial charge >= 0.3 is 0 Å². The average molecular weight is 445 g/mol. The van der Waals surface area contributed by atoms with Gasteiger partial charge in [-0.15, -0.1) is 23.5 Å². The summed E-state index contributed by atoms with van der Waals surface area (Å²) in [6.45, 7) is 4.12. The topological polar surface area (TPSA) is 52.9 Å². The summed E-state index contributed by atoms with van der Waals surface area (Å²) in [6, 6.07) is 27.9. The lowest BCUT2D eigenvalue weighted by Crippen LogP contribution is -2.14. The van der Waals surface area contributed by atoms with Crippen LogP contribution in [0.5, 0.6) is 0 Å². The summed E-state index contributed by atoms with van der Waals surface area (Å²) in [5.41, 5.74) is 5.54. The van der Waals surface area contributed by atoms with Gasteiger partial charge in [0.15, 0.2) is 0 Å². The molecule has 0 radical (unpaired) electrons. The molecule has 0 saturated carbocycles. The molecule has 0 spiro atoms. The number of anilines is 1. The molecule has 3 nitrogen and oxygen atoms in total. The van der Waals surface area contributed by atoms with Crippen molar-refractivity contribution in [1.82, 2.24) is 0 Å². The third-order valence-corrected chi connectivity index (χ3v) is 7.07. The molecule has 0 aromatic heterocycles. The molecule has 1 N–H and O–H groups in total. The first-order chi connectivity index (χ1) is 15.0. The molecule has 3 aromatic rings. The van der Waals surface area contributed by atoms with Gasteiger partial charge in [-0.1, -0.05) is 77.9 Å². The Morgan fingerprint density at radius 2 is 1.39 bits per heavy atom. The molecule has 1 amide bonds. The van der Waals surface area contributed by atoms with Crippen molar-refractivity contribution in [3.8, 4) is 6.07 Å². The summed E-state index contributed by atoms with van der Waals surface area (Å²) in [6.07, 6.45) is 0. The number of nitriles is 1. The number of aryl methyl sites for hydroxylation is 2. The second-order valence-corrected chi connectivity index (χ2v) is 9.38. The lowest BCUT2D eigenvalue weighted by molar-refractivity contribution is -0.112. The van der Waals surface area contributed by atoms with Gasteiger partial charge in [0.25, 0.3) is 5.91 Å². The molecule has 0 aliphatic heterocycles. The largest absolute Gasteiger partial charge is 0.321 e. The minimum atomic E-state index is -0.378. The van der Waals surface area contributed by atoms with Crippen molar-refractivity contribution < 1.29 is 4.79 Å². The first kappa shape index (κ1) is 22.7. The number of rotatable bonds is 8. The van der Waals surface area contributed by atoms with Gasteiger partial charge in [0, 0.05) is 17.2 Å². The van der Waals surface area contributed by atoms with Crippen LogP contribution in [0.4, 0.5) is 5.69 Å². The Morgan fingerprint density at radius 3 is 1.87 bits per heavy atom. The molecule has 0 aliphatic rings. The first-order valence-electron chi connectivity index (χ1n) is 9.92. The molecule has 0 saturated heterocycles. The number of hydrogen-bond acceptors (Lipinski definition) is 4. The molecule has 0 unspecified atom stereocenters. The predicted octanol–water partition coefficient (Wildman–Crippen LogP) is 6.84. The van der Waals surface area contributed by atoms with Crippen molar-refractivity contribution in [2.75, 3.05) is 5.32 Å². The smallest absolute Gasteiger partial charge is 0.268 e. The minimum absolute atomic E-state index is 0.152. The number of para-hydroxylation sites is 1. The van der Waals surface area contributed by atoms with E-state index in [2.05, 4.69) is 61.6 Å². The van der Waals surface area contributed by atoms with Crippen LogP contribution >= 0.6 is 23.5 Å². The van der Waals surface area contributed by atoms with Crippen LogP contribution in [0.1, 0.15) is 22.3 Å². The summed E-state index contributed by atoms with van der Waals surface area (Å²) in [5, 5.41) is 12.7. The van der Waals surface area contributed by atoms with Crippen molar-refractivity contribution in [2.45, 2.75) is 25.4 Å². The zero-order chi connectivity index (χ0) is 22.1. The number of benzene rings is 3. The van der Waals surface area contributed by atoms with Crippen molar-refractivity contribution in [1.29, 1.82) is 5.26 Å². The van der Waals surface area contributed by atoms with Gasteiger partial charge in [-0.2, -0.15) is 5.26 Å². The van der Waals surface area contributed by atoms with E-state index in [1.165, 1.54) is 45.8 Å². The SMILES string of the molecule is Cc1cccc(CSC(SCc2cccc(C)c2)=C(C#N)C(=O)Nc2ccccc2)c1. The highest BCUT2D eigenvalue weighted by molar-refractivity contribution is 8.21. The van der Waals surface area contributed by atoms with Crippen molar-refractivity contribution in [3.63, 3.8) is 0 Å². The van der Waals surface area contributed by atoms with Gasteiger partial charge in [0.2, 0.25) is 0 Å². The first-order valence-corrected chi connectivity index (χ1v) is 11.9. The van der Waals surface area contributed by atoms with Gasteiger partial charge in [0.05, 0.1) is 4.24 Å². The van der Waals surface area contributed by atoms with Crippen LogP contribution in [0.3, 0.4) is 0 Å². The number of amides is 1. The van der Waals surface area contributed by atoms with E-state index in [1.807, 2.05) is 42.5 Å². The highest BCUT2D eigenvalue weighted by atomic mass is 32.2. The summed E-state index contributed by atoms with van der Waals surface area (Å²) in [4.78, 5) is 12.9. The monoisotopic (exact) mass is 444 g/mol. The van der Waals surface area contributed by atoms with Crippen LogP contribution < -0.4 is 5.32 Å². The number of thioether (sulfide) groups is 2. The quantitative estimate of drug-likeness (QED) is 0.305. The molecular weight excluding hydrogens is 420 g/mol. The second-order valence-electron chi connectivity index (χ2n) is 7.15. The molecule has 31 heavy (non-hydrogen) atoms. The Morgan fingerprint density at radius 1 is 0.839 bits per heavy atom. The number of nitrogens with zero attached hydrogens (tertiary/aromatic N) is 1. The predicted molar refractivity (Wildman–Crippen MR) is 133 cm³/mol. The highest BCUT2D eigenvalue weighted by Crippen LogP contribution is 2.36. The van der Waals surface area contributed by atoms with Crippen LogP contribution in [-0.4, -0.2) is 5.91 Å². The van der Waals surface area contributed by atoms with Gasteiger partial charge in [-0.25, -0.2) is 0 Å². The van der Waals surface area contributed by atoms with Crippen LogP contribution in [0.25, 0.3) is 0 Å². The van der Waals surface area contributed by atoms with Crippen molar-refractivity contribution >= 4 is 35.1 Å². The fraction of sp³-hybridized carbons (Fsp3) is 0.154. The normalized spacial score (nSPS) is 10.2. The lowest BCUT2D eigenvalue weighted by atomic mass is 10.2. The molecule has 5 heteroatoms. The molecule has 3 rings (SSSR count). The maximum Gasteiger partial charge on any atom is 0.268 e. The summed E-state index contributed by atoms with van der Waals surface area (Å²) in [5.74, 6) is 1.01. The van der Waals surface area contributed by atoms with Crippen molar-refractivity contribution in [2.24, 2.45) is 0 Å². The number of carbonyl (C=O) groups excluding carboxylic acids is 1. The van der Waals surface area contributed by atoms with Crippen LogP contribution in [0, 0.1) is 25.2 Å². The van der Waals surface area contributed by atoms with Gasteiger partial charge in [-0.3, -0.25) is 4.79 Å². The fourth-order valence-corrected chi connectivity index (χ4v) is 5.20. The summed E-state index contributed by atoms with van der Waals surface area (Å²) >= 11 is 3.08. The zero-order valence-corrected chi connectivity index (χ0v) is 19.2. The van der Waals surface area contributed by atoms with E-state index in [0.29, 0.717) is 17.2 Å².